The van der Waals surface area contributed by atoms with Gasteiger partial charge >= 0.3 is 0 Å². The molecule has 2 bridgehead atoms. The van der Waals surface area contributed by atoms with Crippen molar-refractivity contribution in [2.45, 2.75) is 31.6 Å². The zero-order valence-corrected chi connectivity index (χ0v) is 13.1. The van der Waals surface area contributed by atoms with Crippen LogP contribution in [-0.4, -0.2) is 40.0 Å². The van der Waals surface area contributed by atoms with E-state index in [1.54, 1.807) is 0 Å². The van der Waals surface area contributed by atoms with Crippen LogP contribution in [-0.2, 0) is 13.1 Å². The molecule has 2 saturated heterocycles. The van der Waals surface area contributed by atoms with Crippen molar-refractivity contribution in [1.82, 2.24) is 14.8 Å². The summed E-state index contributed by atoms with van der Waals surface area (Å²) in [4.78, 5) is 9.60. The van der Waals surface area contributed by atoms with Gasteiger partial charge in [-0.2, -0.15) is 5.26 Å². The molecule has 4 nitrogen and oxygen atoms in total. The summed E-state index contributed by atoms with van der Waals surface area (Å²) in [7, 11) is 0. The maximum absolute atomic E-state index is 8.88. The maximum Gasteiger partial charge on any atom is 0.0991 e. The first-order valence-corrected chi connectivity index (χ1v) is 8.19. The Bertz CT molecular complexity index is 704. The van der Waals surface area contributed by atoms with E-state index in [1.165, 1.54) is 17.7 Å². The molecule has 0 spiro atoms. The fourth-order valence-electron chi connectivity index (χ4n) is 3.84. The molecule has 116 valence electrons. The monoisotopic (exact) mass is 304 g/mol. The number of rotatable bonds is 4. The number of hydrogen-bond donors (Lipinski definition) is 0. The summed E-state index contributed by atoms with van der Waals surface area (Å²) in [5.41, 5.74) is 3.20. The van der Waals surface area contributed by atoms with Gasteiger partial charge in [-0.1, -0.05) is 18.2 Å². The van der Waals surface area contributed by atoms with Crippen molar-refractivity contribution in [3.8, 4) is 6.07 Å². The summed E-state index contributed by atoms with van der Waals surface area (Å²) in [6.45, 7) is 4.23. The standard InChI is InChI=1S/C19H20N4/c20-10-15-4-6-16(7-5-15)11-22-13-19-9-18(22)14-23(19)12-17-3-1-2-8-21-17/h1-8,18-19H,9,11-14H2. The first-order chi connectivity index (χ1) is 11.3. The van der Waals surface area contributed by atoms with Gasteiger partial charge < -0.3 is 0 Å². The van der Waals surface area contributed by atoms with Crippen molar-refractivity contribution >= 4 is 0 Å². The second-order valence-electron chi connectivity index (χ2n) is 6.53. The topological polar surface area (TPSA) is 43.2 Å². The molecule has 2 aliphatic heterocycles. The van der Waals surface area contributed by atoms with Crippen LogP contribution < -0.4 is 0 Å². The van der Waals surface area contributed by atoms with Crippen LogP contribution in [0.5, 0.6) is 0 Å². The van der Waals surface area contributed by atoms with Crippen LogP contribution in [0.4, 0.5) is 0 Å². The summed E-state index contributed by atoms with van der Waals surface area (Å²) in [5, 5.41) is 8.88. The van der Waals surface area contributed by atoms with Crippen molar-refractivity contribution < 1.29 is 0 Å². The average molecular weight is 304 g/mol. The van der Waals surface area contributed by atoms with Crippen molar-refractivity contribution in [2.24, 2.45) is 0 Å². The highest BCUT2D eigenvalue weighted by Crippen LogP contribution is 2.32. The summed E-state index contributed by atoms with van der Waals surface area (Å²) in [6, 6.07) is 17.6. The molecule has 4 rings (SSSR count). The molecule has 1 aromatic carbocycles. The van der Waals surface area contributed by atoms with Gasteiger partial charge in [0.25, 0.3) is 0 Å². The molecule has 0 N–H and O–H groups in total. The Hall–Kier alpha value is -2.22. The third-order valence-electron chi connectivity index (χ3n) is 5.03. The molecular weight excluding hydrogens is 284 g/mol. The SMILES string of the molecule is N#Cc1ccc(CN2CC3CC2CN3Cc2ccccn2)cc1. The Balaban J connectivity index is 1.36. The highest BCUT2D eigenvalue weighted by Gasteiger charge is 2.42. The lowest BCUT2D eigenvalue weighted by Crippen LogP contribution is -2.45. The van der Waals surface area contributed by atoms with Gasteiger partial charge in [0.2, 0.25) is 0 Å². The molecule has 2 aromatic rings. The Morgan fingerprint density at radius 1 is 1.00 bits per heavy atom. The molecule has 3 heterocycles. The van der Waals surface area contributed by atoms with Crippen LogP contribution in [0.15, 0.2) is 48.7 Å². The highest BCUT2D eigenvalue weighted by molar-refractivity contribution is 5.31. The number of nitriles is 1. The van der Waals surface area contributed by atoms with E-state index in [0.29, 0.717) is 12.1 Å². The van der Waals surface area contributed by atoms with Gasteiger partial charge in [-0.25, -0.2) is 0 Å². The van der Waals surface area contributed by atoms with Crippen molar-refractivity contribution in [3.63, 3.8) is 0 Å². The van der Waals surface area contributed by atoms with Gasteiger partial charge in [-0.15, -0.1) is 0 Å². The molecule has 0 saturated carbocycles. The molecule has 4 heteroatoms. The third-order valence-corrected chi connectivity index (χ3v) is 5.03. The number of likely N-dealkylation sites (tertiary alicyclic amines) is 2. The second-order valence-corrected chi connectivity index (χ2v) is 6.53. The van der Waals surface area contributed by atoms with Crippen LogP contribution in [0.2, 0.25) is 0 Å². The molecular formula is C19H20N4. The number of benzene rings is 1. The van der Waals surface area contributed by atoms with Crippen molar-refractivity contribution in [2.75, 3.05) is 13.1 Å². The predicted octanol–water partition coefficient (Wildman–Crippen LogP) is 2.41. The molecule has 2 fully saturated rings. The quantitative estimate of drug-likeness (QED) is 0.870. The Labute approximate surface area is 137 Å². The van der Waals surface area contributed by atoms with Crippen molar-refractivity contribution in [3.05, 3.63) is 65.5 Å². The molecule has 2 atom stereocenters. The van der Waals surface area contributed by atoms with Crippen LogP contribution >= 0.6 is 0 Å². The summed E-state index contributed by atoms with van der Waals surface area (Å²) in [5.74, 6) is 0. The Morgan fingerprint density at radius 2 is 1.74 bits per heavy atom. The zero-order valence-electron chi connectivity index (χ0n) is 13.1. The zero-order chi connectivity index (χ0) is 15.6. The first-order valence-electron chi connectivity index (χ1n) is 8.19. The lowest BCUT2D eigenvalue weighted by atomic mass is 10.1. The number of fused-ring (bicyclic) bond motifs is 2. The second kappa shape index (κ2) is 6.11. The van der Waals surface area contributed by atoms with Gasteiger partial charge in [0.1, 0.15) is 0 Å². The fourth-order valence-corrected chi connectivity index (χ4v) is 3.84. The number of piperazine rings is 1. The lowest BCUT2D eigenvalue weighted by Gasteiger charge is -2.34. The van der Waals surface area contributed by atoms with E-state index in [2.05, 4.69) is 45.1 Å². The van der Waals surface area contributed by atoms with E-state index in [4.69, 9.17) is 5.26 Å². The summed E-state index contributed by atoms with van der Waals surface area (Å²) < 4.78 is 0. The smallest absolute Gasteiger partial charge is 0.0991 e. The van der Waals surface area contributed by atoms with Crippen LogP contribution in [0, 0.1) is 11.3 Å². The molecule has 0 amide bonds. The van der Waals surface area contributed by atoms with E-state index in [-0.39, 0.29) is 0 Å². The number of pyridine rings is 1. The Kier molecular flexibility index (Phi) is 3.82. The summed E-state index contributed by atoms with van der Waals surface area (Å²) >= 11 is 0. The molecule has 1 aromatic heterocycles. The predicted molar refractivity (Wildman–Crippen MR) is 88.4 cm³/mol. The van der Waals surface area contributed by atoms with Crippen LogP contribution in [0.3, 0.4) is 0 Å². The summed E-state index contributed by atoms with van der Waals surface area (Å²) in [6.07, 6.45) is 3.14. The lowest BCUT2D eigenvalue weighted by molar-refractivity contribution is 0.117. The van der Waals surface area contributed by atoms with Gasteiger partial charge in [-0.3, -0.25) is 14.8 Å². The molecule has 0 aliphatic carbocycles. The number of aromatic nitrogens is 1. The van der Waals surface area contributed by atoms with E-state index in [1.807, 2.05) is 24.4 Å². The Morgan fingerprint density at radius 3 is 2.35 bits per heavy atom. The molecule has 23 heavy (non-hydrogen) atoms. The van der Waals surface area contributed by atoms with Gasteiger partial charge in [-0.05, 0) is 36.2 Å². The minimum Gasteiger partial charge on any atom is -0.293 e. The molecule has 0 radical (unpaired) electrons. The van der Waals surface area contributed by atoms with E-state index in [0.717, 1.165) is 31.7 Å². The minimum atomic E-state index is 0.652. The molecule has 2 unspecified atom stereocenters. The van der Waals surface area contributed by atoms with Crippen LogP contribution in [0.25, 0.3) is 0 Å². The number of nitrogens with zero attached hydrogens (tertiary/aromatic N) is 4. The molecule has 2 aliphatic rings. The van der Waals surface area contributed by atoms with Gasteiger partial charge in [0.05, 0.1) is 17.3 Å². The van der Waals surface area contributed by atoms with Gasteiger partial charge in [0.15, 0.2) is 0 Å². The van der Waals surface area contributed by atoms with Gasteiger partial charge in [0, 0.05) is 44.5 Å². The number of hydrogen-bond acceptors (Lipinski definition) is 4. The normalized spacial score (nSPS) is 24.0. The highest BCUT2D eigenvalue weighted by atomic mass is 15.3. The first kappa shape index (κ1) is 14.4. The van der Waals surface area contributed by atoms with Crippen molar-refractivity contribution in [1.29, 1.82) is 5.26 Å². The van der Waals surface area contributed by atoms with Crippen LogP contribution in [0.1, 0.15) is 23.2 Å². The van der Waals surface area contributed by atoms with E-state index < -0.39 is 0 Å². The fraction of sp³-hybridized carbons (Fsp3) is 0.368. The third kappa shape index (κ3) is 2.98. The van der Waals surface area contributed by atoms with E-state index >= 15 is 0 Å². The maximum atomic E-state index is 8.88. The average Bonchev–Trinajstić information content (AvgIpc) is 3.16. The largest absolute Gasteiger partial charge is 0.293 e. The van der Waals surface area contributed by atoms with E-state index in [9.17, 15) is 0 Å². The minimum absolute atomic E-state index is 0.652.